The fourth-order valence-electron chi connectivity index (χ4n) is 2.42. The zero-order valence-corrected chi connectivity index (χ0v) is 13.8. The number of carbonyl (C=O) groups is 3. The number of piperidine rings is 1. The van der Waals surface area contributed by atoms with Crippen LogP contribution in [-0.4, -0.2) is 54.0 Å². The second-order valence-electron chi connectivity index (χ2n) is 5.54. The zero-order valence-electron chi connectivity index (χ0n) is 13.0. The number of rotatable bonds is 6. The summed E-state index contributed by atoms with van der Waals surface area (Å²) in [7, 11) is 0. The zero-order chi connectivity index (χ0) is 17.5. The van der Waals surface area contributed by atoms with Crippen molar-refractivity contribution in [3.63, 3.8) is 0 Å². The van der Waals surface area contributed by atoms with Crippen molar-refractivity contribution in [1.82, 2.24) is 10.2 Å². The van der Waals surface area contributed by atoms with Gasteiger partial charge in [0.25, 0.3) is 5.91 Å². The molecule has 130 valence electrons. The van der Waals surface area contributed by atoms with E-state index in [4.69, 9.17) is 21.4 Å². The highest BCUT2D eigenvalue weighted by Gasteiger charge is 2.28. The molecule has 1 aliphatic rings. The van der Waals surface area contributed by atoms with Crippen molar-refractivity contribution in [2.75, 3.05) is 26.2 Å². The molecule has 1 aromatic rings. The van der Waals surface area contributed by atoms with E-state index in [2.05, 4.69) is 5.32 Å². The molecule has 1 fully saturated rings. The summed E-state index contributed by atoms with van der Waals surface area (Å²) >= 11 is 5.75. The minimum absolute atomic E-state index is 0.171. The lowest BCUT2D eigenvalue weighted by Crippen LogP contribution is -2.47. The van der Waals surface area contributed by atoms with Crippen LogP contribution in [0.15, 0.2) is 24.3 Å². The van der Waals surface area contributed by atoms with Crippen molar-refractivity contribution < 1.29 is 24.2 Å². The van der Waals surface area contributed by atoms with E-state index in [0.29, 0.717) is 30.2 Å². The summed E-state index contributed by atoms with van der Waals surface area (Å²) in [5.41, 5.74) is 0. The summed E-state index contributed by atoms with van der Waals surface area (Å²) in [4.78, 5) is 36.2. The predicted molar refractivity (Wildman–Crippen MR) is 86.9 cm³/mol. The third-order valence-corrected chi connectivity index (χ3v) is 4.00. The molecule has 0 radical (unpaired) electrons. The third kappa shape index (κ3) is 5.42. The molecule has 2 amide bonds. The molecule has 0 aliphatic carbocycles. The van der Waals surface area contributed by atoms with Gasteiger partial charge in [0.15, 0.2) is 6.61 Å². The van der Waals surface area contributed by atoms with Crippen LogP contribution in [-0.2, 0) is 14.4 Å². The second-order valence-corrected chi connectivity index (χ2v) is 5.97. The fourth-order valence-corrected chi connectivity index (χ4v) is 2.55. The average molecular weight is 355 g/mol. The Morgan fingerprint density at radius 1 is 1.29 bits per heavy atom. The molecule has 8 heteroatoms. The minimum atomic E-state index is -0.895. The number of amides is 2. The number of ether oxygens (including phenoxy) is 1. The molecule has 1 saturated heterocycles. The van der Waals surface area contributed by atoms with E-state index in [-0.39, 0.29) is 25.6 Å². The monoisotopic (exact) mass is 354 g/mol. The van der Waals surface area contributed by atoms with Crippen LogP contribution in [0.5, 0.6) is 5.75 Å². The lowest BCUT2D eigenvalue weighted by Gasteiger charge is -2.30. The molecule has 0 spiro atoms. The van der Waals surface area contributed by atoms with E-state index in [0.717, 1.165) is 0 Å². The van der Waals surface area contributed by atoms with Crippen molar-refractivity contribution in [3.8, 4) is 5.75 Å². The Bertz CT molecular complexity index is 605. The first kappa shape index (κ1) is 18.1. The largest absolute Gasteiger partial charge is 0.484 e. The fraction of sp³-hybridized carbons (Fsp3) is 0.438. The molecule has 1 unspecified atom stereocenters. The highest BCUT2D eigenvalue weighted by Crippen LogP contribution is 2.17. The SMILES string of the molecule is O=C(COc1ccc(Cl)cc1)NCC(=O)N1CCCC(C(=O)O)C1. The third-order valence-electron chi connectivity index (χ3n) is 3.74. The molecule has 7 nitrogen and oxygen atoms in total. The number of nitrogens with one attached hydrogen (secondary N) is 1. The summed E-state index contributed by atoms with van der Waals surface area (Å²) < 4.78 is 5.28. The maximum absolute atomic E-state index is 12.0. The molecule has 0 aromatic heterocycles. The first-order chi connectivity index (χ1) is 11.5. The molecule has 1 atom stereocenters. The van der Waals surface area contributed by atoms with Gasteiger partial charge >= 0.3 is 5.97 Å². The van der Waals surface area contributed by atoms with E-state index in [9.17, 15) is 14.4 Å². The van der Waals surface area contributed by atoms with Gasteiger partial charge in [0.2, 0.25) is 5.91 Å². The van der Waals surface area contributed by atoms with Gasteiger partial charge in [-0.05, 0) is 37.1 Å². The molecular formula is C16H19ClN2O5. The van der Waals surface area contributed by atoms with E-state index in [1.54, 1.807) is 24.3 Å². The van der Waals surface area contributed by atoms with Gasteiger partial charge in [0.1, 0.15) is 5.75 Å². The number of hydrogen-bond donors (Lipinski definition) is 2. The summed E-state index contributed by atoms with van der Waals surface area (Å²) in [5, 5.41) is 12.1. The van der Waals surface area contributed by atoms with Crippen LogP contribution < -0.4 is 10.1 Å². The Labute approximate surface area is 144 Å². The van der Waals surface area contributed by atoms with Crippen LogP contribution in [0.2, 0.25) is 5.02 Å². The lowest BCUT2D eigenvalue weighted by atomic mass is 9.98. The molecular weight excluding hydrogens is 336 g/mol. The Kier molecular flexibility index (Phi) is 6.43. The van der Waals surface area contributed by atoms with Crippen LogP contribution in [0.1, 0.15) is 12.8 Å². The van der Waals surface area contributed by atoms with Crippen molar-refractivity contribution in [1.29, 1.82) is 0 Å². The van der Waals surface area contributed by atoms with E-state index in [1.807, 2.05) is 0 Å². The van der Waals surface area contributed by atoms with Crippen LogP contribution >= 0.6 is 11.6 Å². The van der Waals surface area contributed by atoms with Crippen molar-refractivity contribution in [3.05, 3.63) is 29.3 Å². The number of carboxylic acid groups (broad SMARTS) is 1. The number of halogens is 1. The van der Waals surface area contributed by atoms with Crippen molar-refractivity contribution in [2.45, 2.75) is 12.8 Å². The van der Waals surface area contributed by atoms with Gasteiger partial charge in [-0.15, -0.1) is 0 Å². The average Bonchev–Trinajstić information content (AvgIpc) is 2.59. The maximum Gasteiger partial charge on any atom is 0.308 e. The second kappa shape index (κ2) is 8.54. The number of carboxylic acids is 1. The summed E-state index contributed by atoms with van der Waals surface area (Å²) in [6.07, 6.45) is 1.22. The Morgan fingerprint density at radius 2 is 2.00 bits per heavy atom. The molecule has 2 N–H and O–H groups in total. The van der Waals surface area contributed by atoms with Gasteiger partial charge in [-0.3, -0.25) is 14.4 Å². The predicted octanol–water partition coefficient (Wildman–Crippen LogP) is 1.16. The molecule has 1 heterocycles. The number of nitrogens with zero attached hydrogens (tertiary/aromatic N) is 1. The van der Waals surface area contributed by atoms with E-state index >= 15 is 0 Å². The first-order valence-electron chi connectivity index (χ1n) is 7.61. The smallest absolute Gasteiger partial charge is 0.308 e. The highest BCUT2D eigenvalue weighted by molar-refractivity contribution is 6.30. The number of hydrogen-bond acceptors (Lipinski definition) is 4. The highest BCUT2D eigenvalue weighted by atomic mass is 35.5. The normalized spacial score (nSPS) is 17.2. The number of likely N-dealkylation sites (tertiary alicyclic amines) is 1. The van der Waals surface area contributed by atoms with Gasteiger partial charge < -0.3 is 20.1 Å². The summed E-state index contributed by atoms with van der Waals surface area (Å²) in [6.45, 7) is 0.312. The Morgan fingerprint density at radius 3 is 2.67 bits per heavy atom. The lowest BCUT2D eigenvalue weighted by molar-refractivity contribution is -0.146. The Hall–Kier alpha value is -2.28. The van der Waals surface area contributed by atoms with Crippen molar-refractivity contribution in [2.24, 2.45) is 5.92 Å². The number of carbonyl (C=O) groups excluding carboxylic acids is 2. The Balaban J connectivity index is 1.71. The standard InChI is InChI=1S/C16H19ClN2O5/c17-12-3-5-13(6-4-12)24-10-14(20)18-8-15(21)19-7-1-2-11(9-19)16(22)23/h3-6,11H,1-2,7-10H2,(H,18,20)(H,22,23). The van der Waals surface area contributed by atoms with Gasteiger partial charge in [-0.1, -0.05) is 11.6 Å². The van der Waals surface area contributed by atoms with Crippen LogP contribution in [0, 0.1) is 5.92 Å². The maximum atomic E-state index is 12.0. The van der Waals surface area contributed by atoms with Crippen LogP contribution in [0.3, 0.4) is 0 Å². The quantitative estimate of drug-likeness (QED) is 0.799. The van der Waals surface area contributed by atoms with E-state index in [1.165, 1.54) is 4.90 Å². The summed E-state index contributed by atoms with van der Waals surface area (Å²) in [6, 6.07) is 6.57. The van der Waals surface area contributed by atoms with Gasteiger partial charge in [0.05, 0.1) is 12.5 Å². The molecule has 0 saturated carbocycles. The summed E-state index contributed by atoms with van der Waals surface area (Å²) in [5.74, 6) is -1.65. The van der Waals surface area contributed by atoms with Gasteiger partial charge in [0, 0.05) is 18.1 Å². The topological polar surface area (TPSA) is 95.9 Å². The van der Waals surface area contributed by atoms with Crippen molar-refractivity contribution >= 4 is 29.4 Å². The van der Waals surface area contributed by atoms with Crippen LogP contribution in [0.4, 0.5) is 0 Å². The number of aliphatic carboxylic acids is 1. The number of benzene rings is 1. The minimum Gasteiger partial charge on any atom is -0.484 e. The molecule has 0 bridgehead atoms. The molecule has 1 aliphatic heterocycles. The van der Waals surface area contributed by atoms with Gasteiger partial charge in [-0.25, -0.2) is 0 Å². The van der Waals surface area contributed by atoms with Gasteiger partial charge in [-0.2, -0.15) is 0 Å². The molecule has 24 heavy (non-hydrogen) atoms. The van der Waals surface area contributed by atoms with E-state index < -0.39 is 17.8 Å². The molecule has 2 rings (SSSR count). The van der Waals surface area contributed by atoms with Crippen LogP contribution in [0.25, 0.3) is 0 Å². The first-order valence-corrected chi connectivity index (χ1v) is 7.99. The molecule has 1 aromatic carbocycles.